The van der Waals surface area contributed by atoms with Gasteiger partial charge in [0.1, 0.15) is 0 Å². The molecule has 0 N–H and O–H groups in total. The Kier molecular flexibility index (Phi) is 2.15. The summed E-state index contributed by atoms with van der Waals surface area (Å²) in [4.78, 5) is 2.25. The minimum absolute atomic E-state index is 0.787. The summed E-state index contributed by atoms with van der Waals surface area (Å²) in [6.45, 7) is 3.50. The van der Waals surface area contributed by atoms with Gasteiger partial charge in [0.2, 0.25) is 0 Å². The van der Waals surface area contributed by atoms with Gasteiger partial charge in [0, 0.05) is 13.6 Å². The zero-order chi connectivity index (χ0) is 6.69. The van der Waals surface area contributed by atoms with Crippen molar-refractivity contribution in [2.45, 2.75) is 19.8 Å². The molecule has 1 rings (SSSR count). The van der Waals surface area contributed by atoms with Crippen molar-refractivity contribution in [1.29, 1.82) is 0 Å². The molecule has 0 aromatic rings. The zero-order valence-corrected chi connectivity index (χ0v) is 6.30. The standard InChI is InChI=1S/C8H15N/c1-8-4-3-6-9(2)7-5-8/h5,7-8H,3-4,6H2,1-2H3. The van der Waals surface area contributed by atoms with E-state index in [1.54, 1.807) is 0 Å². The van der Waals surface area contributed by atoms with Crippen molar-refractivity contribution in [3.63, 3.8) is 0 Å². The molecule has 0 saturated heterocycles. The third-order valence-corrected chi connectivity index (χ3v) is 1.84. The quantitative estimate of drug-likeness (QED) is 0.477. The van der Waals surface area contributed by atoms with Crippen molar-refractivity contribution >= 4 is 0 Å². The lowest BCUT2D eigenvalue weighted by Crippen LogP contribution is -2.09. The minimum Gasteiger partial charge on any atom is -0.381 e. The predicted molar refractivity (Wildman–Crippen MR) is 40.2 cm³/mol. The molecule has 1 unspecified atom stereocenters. The summed E-state index contributed by atoms with van der Waals surface area (Å²) in [5, 5.41) is 0. The van der Waals surface area contributed by atoms with Crippen molar-refractivity contribution in [2.24, 2.45) is 5.92 Å². The monoisotopic (exact) mass is 125 g/mol. The Labute approximate surface area is 57.4 Å². The van der Waals surface area contributed by atoms with Crippen LogP contribution in [0, 0.1) is 5.92 Å². The Hall–Kier alpha value is -0.460. The predicted octanol–water partition coefficient (Wildman–Crippen LogP) is 1.86. The van der Waals surface area contributed by atoms with Crippen molar-refractivity contribution < 1.29 is 0 Å². The highest BCUT2D eigenvalue weighted by molar-refractivity contribution is 4.88. The Morgan fingerprint density at radius 3 is 3.11 bits per heavy atom. The molecule has 0 radical (unpaired) electrons. The third-order valence-electron chi connectivity index (χ3n) is 1.84. The molecule has 1 aliphatic rings. The van der Waals surface area contributed by atoms with Crippen LogP contribution in [0.2, 0.25) is 0 Å². The molecule has 0 fully saturated rings. The van der Waals surface area contributed by atoms with Crippen molar-refractivity contribution in [2.75, 3.05) is 13.6 Å². The summed E-state index contributed by atoms with van der Waals surface area (Å²) in [7, 11) is 2.13. The first-order valence-electron chi connectivity index (χ1n) is 3.67. The number of allylic oxidation sites excluding steroid dienone is 1. The third kappa shape index (κ3) is 2.08. The van der Waals surface area contributed by atoms with Crippen molar-refractivity contribution in [3.05, 3.63) is 12.3 Å². The smallest absolute Gasteiger partial charge is 0.0169 e. The first-order chi connectivity index (χ1) is 4.29. The summed E-state index contributed by atoms with van der Waals surface area (Å²) in [5.74, 6) is 0.787. The molecule has 0 spiro atoms. The van der Waals surface area contributed by atoms with Gasteiger partial charge in [-0.25, -0.2) is 0 Å². The number of nitrogens with zero attached hydrogens (tertiary/aromatic N) is 1. The number of rotatable bonds is 0. The van der Waals surface area contributed by atoms with Crippen LogP contribution in [-0.2, 0) is 0 Å². The van der Waals surface area contributed by atoms with E-state index in [2.05, 4.69) is 31.1 Å². The van der Waals surface area contributed by atoms with Crippen molar-refractivity contribution in [3.8, 4) is 0 Å². The van der Waals surface area contributed by atoms with E-state index in [9.17, 15) is 0 Å². The summed E-state index contributed by atoms with van der Waals surface area (Å²) >= 11 is 0. The van der Waals surface area contributed by atoms with Gasteiger partial charge in [-0.1, -0.05) is 13.0 Å². The minimum atomic E-state index is 0.787. The summed E-state index contributed by atoms with van der Waals surface area (Å²) in [6, 6.07) is 0. The molecule has 0 amide bonds. The molecular weight excluding hydrogens is 110 g/mol. The lowest BCUT2D eigenvalue weighted by Gasteiger charge is -2.09. The van der Waals surface area contributed by atoms with Crippen molar-refractivity contribution in [1.82, 2.24) is 4.90 Å². The molecule has 0 aliphatic carbocycles. The van der Waals surface area contributed by atoms with Gasteiger partial charge < -0.3 is 4.90 Å². The normalized spacial score (nSPS) is 28.2. The van der Waals surface area contributed by atoms with Gasteiger partial charge in [0.25, 0.3) is 0 Å². The van der Waals surface area contributed by atoms with Crippen LogP contribution >= 0.6 is 0 Å². The maximum atomic E-state index is 2.28. The highest BCUT2D eigenvalue weighted by Gasteiger charge is 2.02. The fraction of sp³-hybridized carbons (Fsp3) is 0.750. The Balaban J connectivity index is 2.43. The molecule has 1 heterocycles. The maximum Gasteiger partial charge on any atom is 0.0169 e. The fourth-order valence-electron chi connectivity index (χ4n) is 1.13. The van der Waals surface area contributed by atoms with Crippen LogP contribution in [0.15, 0.2) is 12.3 Å². The molecule has 1 aliphatic heterocycles. The molecule has 0 aromatic carbocycles. The summed E-state index contributed by atoms with van der Waals surface area (Å²) in [5.41, 5.74) is 0. The van der Waals surface area contributed by atoms with E-state index in [0.717, 1.165) is 5.92 Å². The maximum absolute atomic E-state index is 2.28. The van der Waals surface area contributed by atoms with E-state index in [0.29, 0.717) is 0 Å². The lowest BCUT2D eigenvalue weighted by molar-refractivity contribution is 0.443. The highest BCUT2D eigenvalue weighted by Crippen LogP contribution is 2.11. The molecule has 1 nitrogen and oxygen atoms in total. The van der Waals surface area contributed by atoms with Crippen LogP contribution in [-0.4, -0.2) is 18.5 Å². The molecule has 1 heteroatoms. The first kappa shape index (κ1) is 6.66. The molecular formula is C8H15N. The second-order valence-corrected chi connectivity index (χ2v) is 2.94. The number of hydrogen-bond donors (Lipinski definition) is 0. The Morgan fingerprint density at radius 1 is 1.56 bits per heavy atom. The van der Waals surface area contributed by atoms with Crippen LogP contribution in [0.5, 0.6) is 0 Å². The average Bonchev–Trinajstić information content (AvgIpc) is 1.97. The number of hydrogen-bond acceptors (Lipinski definition) is 1. The second kappa shape index (κ2) is 2.90. The molecule has 0 bridgehead atoms. The van der Waals surface area contributed by atoms with Gasteiger partial charge in [0.05, 0.1) is 0 Å². The molecule has 0 aromatic heterocycles. The van der Waals surface area contributed by atoms with Crippen LogP contribution < -0.4 is 0 Å². The zero-order valence-electron chi connectivity index (χ0n) is 6.30. The first-order valence-corrected chi connectivity index (χ1v) is 3.67. The summed E-state index contributed by atoms with van der Waals surface area (Å²) < 4.78 is 0. The van der Waals surface area contributed by atoms with E-state index < -0.39 is 0 Å². The van der Waals surface area contributed by atoms with Gasteiger partial charge in [-0.15, -0.1) is 0 Å². The Bertz CT molecular complexity index is 95.1. The molecule has 0 saturated carbocycles. The highest BCUT2D eigenvalue weighted by atomic mass is 15.1. The average molecular weight is 125 g/mol. The largest absolute Gasteiger partial charge is 0.381 e. The fourth-order valence-corrected chi connectivity index (χ4v) is 1.13. The van der Waals surface area contributed by atoms with Crippen LogP contribution in [0.25, 0.3) is 0 Å². The van der Waals surface area contributed by atoms with E-state index in [1.807, 2.05) is 0 Å². The van der Waals surface area contributed by atoms with Gasteiger partial charge in [-0.05, 0) is 25.0 Å². The van der Waals surface area contributed by atoms with E-state index in [4.69, 9.17) is 0 Å². The van der Waals surface area contributed by atoms with Gasteiger partial charge >= 0.3 is 0 Å². The molecule has 9 heavy (non-hydrogen) atoms. The van der Waals surface area contributed by atoms with E-state index >= 15 is 0 Å². The van der Waals surface area contributed by atoms with Gasteiger partial charge in [0.15, 0.2) is 0 Å². The molecule has 52 valence electrons. The van der Waals surface area contributed by atoms with Gasteiger partial charge in [-0.3, -0.25) is 0 Å². The SMILES string of the molecule is CC1C=CN(C)CCC1. The Morgan fingerprint density at radius 2 is 2.33 bits per heavy atom. The second-order valence-electron chi connectivity index (χ2n) is 2.94. The van der Waals surface area contributed by atoms with Crippen LogP contribution in [0.3, 0.4) is 0 Å². The lowest BCUT2D eigenvalue weighted by atomic mass is 10.1. The topological polar surface area (TPSA) is 3.24 Å². The van der Waals surface area contributed by atoms with E-state index in [-0.39, 0.29) is 0 Å². The van der Waals surface area contributed by atoms with Crippen LogP contribution in [0.4, 0.5) is 0 Å². The van der Waals surface area contributed by atoms with Crippen LogP contribution in [0.1, 0.15) is 19.8 Å². The molecule has 1 atom stereocenters. The summed E-state index contributed by atoms with van der Waals surface area (Å²) in [6.07, 6.45) is 7.16. The van der Waals surface area contributed by atoms with Gasteiger partial charge in [-0.2, -0.15) is 0 Å². The van der Waals surface area contributed by atoms with E-state index in [1.165, 1.54) is 19.4 Å².